The summed E-state index contributed by atoms with van der Waals surface area (Å²) in [5, 5.41) is 1.14. The van der Waals surface area contributed by atoms with Crippen LogP contribution in [0.4, 0.5) is 0 Å². The molecule has 0 saturated heterocycles. The first kappa shape index (κ1) is 15.4. The van der Waals surface area contributed by atoms with Gasteiger partial charge in [-0.1, -0.05) is 37.1 Å². The molecule has 118 valence electrons. The summed E-state index contributed by atoms with van der Waals surface area (Å²) in [4.78, 5) is 22.8. The number of para-hydroxylation sites is 1. The molecule has 4 nitrogen and oxygen atoms in total. The van der Waals surface area contributed by atoms with Crippen molar-refractivity contribution in [1.29, 1.82) is 0 Å². The van der Waals surface area contributed by atoms with Gasteiger partial charge in [-0.25, -0.2) is 9.97 Å². The number of unbranched alkanes of at least 4 members (excludes halogenated alkanes) is 4. The van der Waals surface area contributed by atoms with Crippen LogP contribution in [0.2, 0.25) is 0 Å². The lowest BCUT2D eigenvalue weighted by atomic mass is 10.1. The van der Waals surface area contributed by atoms with E-state index in [1.54, 1.807) is 0 Å². The Morgan fingerprint density at radius 1 is 1.00 bits per heavy atom. The number of aryl methyl sites for hydroxylation is 1. The number of carbonyl (C=O) groups is 1. The lowest BCUT2D eigenvalue weighted by Gasteiger charge is -2.01. The average Bonchev–Trinajstić information content (AvgIpc) is 3.06. The molecule has 0 spiro atoms. The lowest BCUT2D eigenvalue weighted by Crippen LogP contribution is -1.90. The van der Waals surface area contributed by atoms with Crippen LogP contribution in [-0.2, 0) is 11.2 Å². The molecule has 23 heavy (non-hydrogen) atoms. The summed E-state index contributed by atoms with van der Waals surface area (Å²) in [7, 11) is 0. The van der Waals surface area contributed by atoms with Gasteiger partial charge in [0.25, 0.3) is 0 Å². The van der Waals surface area contributed by atoms with E-state index in [0.717, 1.165) is 66.5 Å². The minimum atomic E-state index is 0.679. The van der Waals surface area contributed by atoms with Crippen molar-refractivity contribution in [1.82, 2.24) is 15.0 Å². The molecule has 3 aromatic rings. The number of rotatable bonds is 8. The van der Waals surface area contributed by atoms with Crippen LogP contribution in [0.15, 0.2) is 42.6 Å². The zero-order valence-electron chi connectivity index (χ0n) is 13.2. The number of benzene rings is 1. The van der Waals surface area contributed by atoms with Gasteiger partial charge in [0.05, 0.1) is 23.1 Å². The number of carbonyl (C=O) groups excluding carboxylic acids is 1. The first-order valence-electron chi connectivity index (χ1n) is 8.20. The molecule has 0 saturated carbocycles. The van der Waals surface area contributed by atoms with E-state index in [4.69, 9.17) is 0 Å². The first-order valence-corrected chi connectivity index (χ1v) is 8.20. The van der Waals surface area contributed by atoms with Crippen molar-refractivity contribution in [3.05, 3.63) is 48.4 Å². The van der Waals surface area contributed by atoms with E-state index >= 15 is 0 Å². The molecule has 3 rings (SSSR count). The SMILES string of the molecule is O=CCCCCCCc1ncc(-c2ccc3ccccc3n2)[nH]1. The van der Waals surface area contributed by atoms with E-state index in [1.165, 1.54) is 0 Å². The van der Waals surface area contributed by atoms with Crippen molar-refractivity contribution >= 4 is 17.2 Å². The summed E-state index contributed by atoms with van der Waals surface area (Å²) in [6, 6.07) is 12.2. The summed E-state index contributed by atoms with van der Waals surface area (Å²) in [6.45, 7) is 0. The van der Waals surface area contributed by atoms with Crippen LogP contribution in [0.25, 0.3) is 22.3 Å². The van der Waals surface area contributed by atoms with E-state index in [1.807, 2.05) is 30.5 Å². The molecule has 0 aliphatic heterocycles. The molecule has 0 radical (unpaired) electrons. The highest BCUT2D eigenvalue weighted by atomic mass is 16.1. The lowest BCUT2D eigenvalue weighted by molar-refractivity contribution is -0.107. The van der Waals surface area contributed by atoms with Gasteiger partial charge in [-0.3, -0.25) is 0 Å². The highest BCUT2D eigenvalue weighted by Gasteiger charge is 2.05. The number of aldehydes is 1. The normalized spacial score (nSPS) is 11.0. The highest BCUT2D eigenvalue weighted by molar-refractivity contribution is 5.80. The smallest absolute Gasteiger partial charge is 0.119 e. The summed E-state index contributed by atoms with van der Waals surface area (Å²) < 4.78 is 0. The van der Waals surface area contributed by atoms with Gasteiger partial charge in [0.2, 0.25) is 0 Å². The first-order chi connectivity index (χ1) is 11.4. The number of aromatic nitrogens is 3. The van der Waals surface area contributed by atoms with E-state index in [9.17, 15) is 4.79 Å². The number of hydrogen-bond acceptors (Lipinski definition) is 3. The number of hydrogen-bond donors (Lipinski definition) is 1. The highest BCUT2D eigenvalue weighted by Crippen LogP contribution is 2.19. The average molecular weight is 307 g/mol. The predicted octanol–water partition coefficient (Wildman–Crippen LogP) is 4.32. The molecule has 0 atom stereocenters. The van der Waals surface area contributed by atoms with E-state index < -0.39 is 0 Å². The van der Waals surface area contributed by atoms with Gasteiger partial charge >= 0.3 is 0 Å². The molecule has 0 unspecified atom stereocenters. The van der Waals surface area contributed by atoms with Gasteiger partial charge in [-0.05, 0) is 25.0 Å². The second-order valence-electron chi connectivity index (χ2n) is 5.75. The number of nitrogens with one attached hydrogen (secondary N) is 1. The fourth-order valence-corrected chi connectivity index (χ4v) is 2.71. The van der Waals surface area contributed by atoms with Gasteiger partial charge in [0.15, 0.2) is 0 Å². The molecule has 0 amide bonds. The molecule has 4 heteroatoms. The van der Waals surface area contributed by atoms with Gasteiger partial charge in [0, 0.05) is 18.2 Å². The van der Waals surface area contributed by atoms with E-state index in [0.29, 0.717) is 6.42 Å². The fourth-order valence-electron chi connectivity index (χ4n) is 2.71. The topological polar surface area (TPSA) is 58.6 Å². The Morgan fingerprint density at radius 3 is 2.78 bits per heavy atom. The molecule has 0 bridgehead atoms. The Kier molecular flexibility index (Phi) is 5.14. The van der Waals surface area contributed by atoms with Crippen LogP contribution >= 0.6 is 0 Å². The van der Waals surface area contributed by atoms with Gasteiger partial charge < -0.3 is 9.78 Å². The Labute approximate surface area is 136 Å². The Balaban J connectivity index is 1.60. The molecule has 1 aromatic carbocycles. The maximum atomic E-state index is 10.3. The van der Waals surface area contributed by atoms with Crippen LogP contribution in [0, 0.1) is 0 Å². The Morgan fingerprint density at radius 2 is 1.87 bits per heavy atom. The number of pyridine rings is 1. The third kappa shape index (κ3) is 4.03. The molecule has 0 fully saturated rings. The summed E-state index contributed by atoms with van der Waals surface area (Å²) in [6.07, 6.45) is 8.81. The van der Waals surface area contributed by atoms with Crippen LogP contribution in [0.3, 0.4) is 0 Å². The predicted molar refractivity (Wildman–Crippen MR) is 92.2 cm³/mol. The second kappa shape index (κ2) is 7.68. The van der Waals surface area contributed by atoms with E-state index in [-0.39, 0.29) is 0 Å². The van der Waals surface area contributed by atoms with Crippen molar-refractivity contribution in [2.45, 2.75) is 38.5 Å². The van der Waals surface area contributed by atoms with Crippen molar-refractivity contribution in [2.75, 3.05) is 0 Å². The van der Waals surface area contributed by atoms with Crippen molar-refractivity contribution in [3.8, 4) is 11.4 Å². The number of H-pyrrole nitrogens is 1. The number of imidazole rings is 1. The molecular weight excluding hydrogens is 286 g/mol. The zero-order valence-corrected chi connectivity index (χ0v) is 13.2. The van der Waals surface area contributed by atoms with Crippen molar-refractivity contribution in [3.63, 3.8) is 0 Å². The fraction of sp³-hybridized carbons (Fsp3) is 0.316. The third-order valence-electron chi connectivity index (χ3n) is 3.99. The van der Waals surface area contributed by atoms with Crippen LogP contribution < -0.4 is 0 Å². The third-order valence-corrected chi connectivity index (χ3v) is 3.99. The van der Waals surface area contributed by atoms with Crippen LogP contribution in [0.1, 0.15) is 37.9 Å². The molecule has 0 aliphatic carbocycles. The number of aromatic amines is 1. The molecule has 2 aromatic heterocycles. The molecule has 0 aliphatic rings. The number of nitrogens with zero attached hydrogens (tertiary/aromatic N) is 2. The maximum absolute atomic E-state index is 10.3. The summed E-state index contributed by atoms with van der Waals surface area (Å²) in [5.41, 5.74) is 2.89. The minimum absolute atomic E-state index is 0.679. The number of fused-ring (bicyclic) bond motifs is 1. The summed E-state index contributed by atoms with van der Waals surface area (Å²) >= 11 is 0. The van der Waals surface area contributed by atoms with Gasteiger partial charge in [-0.2, -0.15) is 0 Å². The van der Waals surface area contributed by atoms with Gasteiger partial charge in [-0.15, -0.1) is 0 Å². The second-order valence-corrected chi connectivity index (χ2v) is 5.75. The molecular formula is C19H21N3O. The Bertz CT molecular complexity index is 779. The molecule has 1 N–H and O–H groups in total. The largest absolute Gasteiger partial charge is 0.341 e. The van der Waals surface area contributed by atoms with Crippen LogP contribution in [-0.4, -0.2) is 21.2 Å². The van der Waals surface area contributed by atoms with E-state index in [2.05, 4.69) is 27.1 Å². The standard InChI is InChI=1S/C19H21N3O/c23-13-7-3-1-2-4-10-19-20-14-18(22-19)17-12-11-15-8-5-6-9-16(15)21-17/h5-6,8-9,11-14H,1-4,7,10H2,(H,20,22). The Hall–Kier alpha value is -2.49. The van der Waals surface area contributed by atoms with Crippen molar-refractivity contribution in [2.24, 2.45) is 0 Å². The quantitative estimate of drug-likeness (QED) is 0.498. The maximum Gasteiger partial charge on any atom is 0.119 e. The van der Waals surface area contributed by atoms with Crippen molar-refractivity contribution < 1.29 is 4.79 Å². The minimum Gasteiger partial charge on any atom is -0.341 e. The van der Waals surface area contributed by atoms with Crippen LogP contribution in [0.5, 0.6) is 0 Å². The molecule has 2 heterocycles. The zero-order chi connectivity index (χ0) is 15.9. The summed E-state index contributed by atoms with van der Waals surface area (Å²) in [5.74, 6) is 1.00. The van der Waals surface area contributed by atoms with Gasteiger partial charge in [0.1, 0.15) is 12.1 Å². The monoisotopic (exact) mass is 307 g/mol.